The van der Waals surface area contributed by atoms with Gasteiger partial charge < -0.3 is 30.0 Å². The van der Waals surface area contributed by atoms with Crippen LogP contribution in [0.15, 0.2) is 54.6 Å². The predicted molar refractivity (Wildman–Crippen MR) is 193 cm³/mol. The second kappa shape index (κ2) is 15.2. The number of rotatable bonds is 13. The van der Waals surface area contributed by atoms with Crippen LogP contribution in [0, 0.1) is 17.2 Å². The fraction of sp³-hybridized carbons (Fsp3) is 0.359. The highest BCUT2D eigenvalue weighted by Gasteiger charge is 2.34. The Morgan fingerprint density at radius 2 is 1.75 bits per heavy atom. The van der Waals surface area contributed by atoms with Crippen LogP contribution in [0.5, 0.6) is 17.6 Å². The number of likely N-dealkylation sites (tertiary alicyclic amines) is 1. The summed E-state index contributed by atoms with van der Waals surface area (Å²) in [5.74, 6) is 0.0507. The Balaban J connectivity index is 1.10. The van der Waals surface area contributed by atoms with Crippen molar-refractivity contribution in [3.05, 3.63) is 87.4 Å². The first-order valence-corrected chi connectivity index (χ1v) is 17.7. The summed E-state index contributed by atoms with van der Waals surface area (Å²) in [6.45, 7) is 2.58. The van der Waals surface area contributed by atoms with Crippen molar-refractivity contribution in [1.29, 1.82) is 5.26 Å². The van der Waals surface area contributed by atoms with Crippen molar-refractivity contribution in [3.63, 3.8) is 0 Å². The van der Waals surface area contributed by atoms with Gasteiger partial charge in [-0.1, -0.05) is 54.1 Å². The third-order valence-electron chi connectivity index (χ3n) is 10.0. The summed E-state index contributed by atoms with van der Waals surface area (Å²) in [6.07, 6.45) is 2.49. The lowest BCUT2D eigenvalue weighted by Gasteiger charge is -2.36. The number of nitrogens with one attached hydrogen (secondary N) is 2. The molecule has 1 amide bonds. The van der Waals surface area contributed by atoms with Crippen molar-refractivity contribution >= 4 is 23.5 Å². The van der Waals surface area contributed by atoms with Gasteiger partial charge in [0.2, 0.25) is 23.5 Å². The monoisotopic (exact) mass is 722 g/mol. The van der Waals surface area contributed by atoms with Crippen LogP contribution in [0.2, 0.25) is 5.02 Å². The molecule has 0 spiro atoms. The fourth-order valence-corrected chi connectivity index (χ4v) is 7.56. The van der Waals surface area contributed by atoms with Crippen molar-refractivity contribution < 1.29 is 28.9 Å². The Morgan fingerprint density at radius 3 is 2.48 bits per heavy atom. The Morgan fingerprint density at radius 1 is 1.00 bits per heavy atom. The molecule has 2 saturated heterocycles. The number of aliphatic carboxylic acids is 1. The number of nitrogens with zero attached hydrogens (tertiary/aromatic N) is 4. The quantitative estimate of drug-likeness (QED) is 0.164. The number of carbonyl (C=O) groups is 2. The van der Waals surface area contributed by atoms with E-state index in [-0.39, 0.29) is 29.9 Å². The van der Waals surface area contributed by atoms with E-state index in [1.807, 2.05) is 53.4 Å². The number of amides is 1. The van der Waals surface area contributed by atoms with E-state index in [2.05, 4.69) is 21.7 Å². The minimum absolute atomic E-state index is 0.0863. The molecule has 0 unspecified atom stereocenters. The van der Waals surface area contributed by atoms with Crippen LogP contribution in [-0.2, 0) is 29.1 Å². The smallest absolute Gasteiger partial charge is 0.309 e. The number of ether oxygens (including phenoxy) is 3. The van der Waals surface area contributed by atoms with Gasteiger partial charge in [-0.05, 0) is 48.1 Å². The van der Waals surface area contributed by atoms with E-state index in [0.717, 1.165) is 46.2 Å². The number of methoxy groups -OCH3 is 2. The summed E-state index contributed by atoms with van der Waals surface area (Å²) < 4.78 is 17.7. The molecule has 1 aliphatic carbocycles. The first kappa shape index (κ1) is 35.2. The zero-order chi connectivity index (χ0) is 36.4. The Labute approximate surface area is 306 Å². The number of hydrogen-bond acceptors (Lipinski definition) is 10. The van der Waals surface area contributed by atoms with Crippen LogP contribution in [0.25, 0.3) is 22.4 Å². The molecule has 0 saturated carbocycles. The number of halogens is 1. The van der Waals surface area contributed by atoms with Crippen LogP contribution >= 0.6 is 11.6 Å². The topological polar surface area (TPSA) is 159 Å². The van der Waals surface area contributed by atoms with Gasteiger partial charge in [-0.2, -0.15) is 10.2 Å². The second-order valence-electron chi connectivity index (χ2n) is 13.3. The van der Waals surface area contributed by atoms with Crippen LogP contribution in [-0.4, -0.2) is 71.7 Å². The molecule has 12 nitrogen and oxygen atoms in total. The van der Waals surface area contributed by atoms with E-state index in [0.29, 0.717) is 79.2 Å². The standard InChI is InChI=1S/C39H39ClN6O6/c1-50-36-22(17-42-18-25-10-14-35(47)43-25)9-12-33(44-36)29-7-3-6-27(31(29)16-41)26-5-4-8-30-28(26)11-13-34(30)52-38-32(40)15-23(37(45-38)51-2)19-46-20-24(21-46)39(48)49/h3-9,12,15,24-25,34,42H,10-11,13-14,17-21H2,1-2H3,(H,43,47)(H,48,49)/t25-,34-/m0/s1. The molecule has 3 aliphatic rings. The molecular weight excluding hydrogens is 684 g/mol. The normalized spacial score (nSPS) is 18.3. The number of hydrogen-bond donors (Lipinski definition) is 3. The van der Waals surface area contributed by atoms with Gasteiger partial charge in [0, 0.05) is 67.4 Å². The van der Waals surface area contributed by atoms with Crippen molar-refractivity contribution in [2.75, 3.05) is 33.9 Å². The van der Waals surface area contributed by atoms with Gasteiger partial charge >= 0.3 is 5.97 Å². The summed E-state index contributed by atoms with van der Waals surface area (Å²) >= 11 is 6.69. The molecule has 4 heterocycles. The second-order valence-corrected chi connectivity index (χ2v) is 13.7. The number of nitriles is 1. The lowest BCUT2D eigenvalue weighted by molar-refractivity contribution is -0.147. The highest BCUT2D eigenvalue weighted by Crippen LogP contribution is 2.43. The van der Waals surface area contributed by atoms with Gasteiger partial charge in [-0.15, -0.1) is 0 Å². The predicted octanol–water partition coefficient (Wildman–Crippen LogP) is 5.30. The molecule has 0 bridgehead atoms. The lowest BCUT2D eigenvalue weighted by Crippen LogP contribution is -2.49. The number of carboxylic acids is 1. The van der Waals surface area contributed by atoms with Gasteiger partial charge in [0.05, 0.1) is 31.4 Å². The molecule has 268 valence electrons. The number of aromatic nitrogens is 2. The van der Waals surface area contributed by atoms with Gasteiger partial charge in [0.15, 0.2) is 0 Å². The Hall–Kier alpha value is -5.22. The highest BCUT2D eigenvalue weighted by molar-refractivity contribution is 6.31. The summed E-state index contributed by atoms with van der Waals surface area (Å²) in [5, 5.41) is 26.4. The molecule has 3 N–H and O–H groups in total. The maximum Gasteiger partial charge on any atom is 0.309 e. The van der Waals surface area contributed by atoms with E-state index in [1.54, 1.807) is 13.2 Å². The summed E-state index contributed by atoms with van der Waals surface area (Å²) in [5.41, 5.74) is 7.34. The van der Waals surface area contributed by atoms with Gasteiger partial charge in [0.1, 0.15) is 17.2 Å². The Kier molecular flexibility index (Phi) is 10.3. The highest BCUT2D eigenvalue weighted by atomic mass is 35.5. The number of pyridine rings is 2. The van der Waals surface area contributed by atoms with E-state index in [1.165, 1.54) is 7.11 Å². The molecule has 2 aliphatic heterocycles. The first-order chi connectivity index (χ1) is 25.3. The average molecular weight is 723 g/mol. The Bertz CT molecular complexity index is 2060. The lowest BCUT2D eigenvalue weighted by atomic mass is 9.90. The molecule has 4 aromatic rings. The van der Waals surface area contributed by atoms with E-state index >= 15 is 0 Å². The van der Waals surface area contributed by atoms with E-state index in [9.17, 15) is 20.0 Å². The largest absolute Gasteiger partial charge is 0.481 e. The van der Waals surface area contributed by atoms with E-state index in [4.69, 9.17) is 30.8 Å². The van der Waals surface area contributed by atoms with Crippen LogP contribution in [0.4, 0.5) is 0 Å². The number of carbonyl (C=O) groups excluding carboxylic acids is 1. The minimum Gasteiger partial charge on any atom is -0.481 e. The van der Waals surface area contributed by atoms with Crippen molar-refractivity contribution in [2.24, 2.45) is 5.92 Å². The molecule has 52 heavy (non-hydrogen) atoms. The summed E-state index contributed by atoms with van der Waals surface area (Å²) in [7, 11) is 3.12. The zero-order valence-electron chi connectivity index (χ0n) is 28.9. The summed E-state index contributed by atoms with van der Waals surface area (Å²) in [4.78, 5) is 34.2. The van der Waals surface area contributed by atoms with Gasteiger partial charge in [-0.25, -0.2) is 4.98 Å². The van der Waals surface area contributed by atoms with Crippen LogP contribution in [0.3, 0.4) is 0 Å². The number of benzene rings is 2. The molecular formula is C39H39ClN6O6. The van der Waals surface area contributed by atoms with Crippen LogP contribution < -0.4 is 24.8 Å². The number of fused-ring (bicyclic) bond motifs is 1. The molecule has 2 atom stereocenters. The molecule has 13 heteroatoms. The molecule has 2 aromatic carbocycles. The van der Waals surface area contributed by atoms with Gasteiger partial charge in [0.25, 0.3) is 0 Å². The van der Waals surface area contributed by atoms with Crippen LogP contribution in [0.1, 0.15) is 53.2 Å². The number of carboxylic acid groups (broad SMARTS) is 1. The van der Waals surface area contributed by atoms with Crippen molar-refractivity contribution in [1.82, 2.24) is 25.5 Å². The van der Waals surface area contributed by atoms with Gasteiger partial charge in [-0.3, -0.25) is 14.5 Å². The molecule has 7 rings (SSSR count). The fourth-order valence-electron chi connectivity index (χ4n) is 7.34. The van der Waals surface area contributed by atoms with Crippen molar-refractivity contribution in [3.8, 4) is 46.1 Å². The minimum atomic E-state index is -0.791. The van der Waals surface area contributed by atoms with Crippen molar-refractivity contribution in [2.45, 2.75) is 50.9 Å². The average Bonchev–Trinajstić information content (AvgIpc) is 3.75. The first-order valence-electron chi connectivity index (χ1n) is 17.3. The SMILES string of the molecule is COc1nc(-c2cccc(-c3cccc4c3CC[C@@H]4Oc3nc(OC)c(CN4CC(C(=O)O)C4)cc3Cl)c2C#N)ccc1CNC[C@@H]1CCC(=O)N1. The molecule has 0 radical (unpaired) electrons. The van der Waals surface area contributed by atoms with E-state index < -0.39 is 5.97 Å². The third kappa shape index (κ3) is 7.12. The maximum absolute atomic E-state index is 11.5. The maximum atomic E-state index is 11.5. The zero-order valence-corrected chi connectivity index (χ0v) is 29.7. The summed E-state index contributed by atoms with van der Waals surface area (Å²) in [6, 6.07) is 20.0. The third-order valence-corrected chi connectivity index (χ3v) is 10.3. The molecule has 2 aromatic heterocycles. The molecule has 2 fully saturated rings.